The SMILES string of the molecule is COCCO[C@]1(C(=O)O)CC[C@@H](c2nc3c(-c4ccc(-c5nccs5)nc4)cnn3c(N)c2S(C)(=O)=O)CC1. The number of carbonyl (C=O) groups is 1. The number of aromatic nitrogens is 5. The fourth-order valence-corrected chi connectivity index (χ4v) is 6.68. The predicted molar refractivity (Wildman–Crippen MR) is 144 cm³/mol. The molecule has 0 unspecified atom stereocenters. The van der Waals surface area contributed by atoms with Crippen molar-refractivity contribution in [2.24, 2.45) is 0 Å². The van der Waals surface area contributed by atoms with Crippen molar-refractivity contribution in [2.45, 2.75) is 42.1 Å². The zero-order valence-corrected chi connectivity index (χ0v) is 23.0. The predicted octanol–water partition coefficient (Wildman–Crippen LogP) is 3.04. The first-order chi connectivity index (χ1) is 18.6. The van der Waals surface area contributed by atoms with Gasteiger partial charge in [-0.15, -0.1) is 11.3 Å². The quantitative estimate of drug-likeness (QED) is 0.282. The number of sulfone groups is 1. The second-order valence-electron chi connectivity index (χ2n) is 9.46. The van der Waals surface area contributed by atoms with Crippen molar-refractivity contribution in [2.75, 3.05) is 32.3 Å². The molecule has 14 heteroatoms. The number of carboxylic acid groups (broad SMARTS) is 1. The van der Waals surface area contributed by atoms with Gasteiger partial charge in [0.1, 0.15) is 15.7 Å². The van der Waals surface area contributed by atoms with Gasteiger partial charge in [-0.25, -0.2) is 23.2 Å². The van der Waals surface area contributed by atoms with Crippen LogP contribution in [0.15, 0.2) is 41.0 Å². The second-order valence-corrected chi connectivity index (χ2v) is 12.3. The first-order valence-electron chi connectivity index (χ1n) is 12.2. The molecule has 0 spiro atoms. The van der Waals surface area contributed by atoms with Crippen LogP contribution < -0.4 is 5.73 Å². The minimum atomic E-state index is -3.78. The highest BCUT2D eigenvalue weighted by Crippen LogP contribution is 2.43. The topological polar surface area (TPSA) is 172 Å². The van der Waals surface area contributed by atoms with Crippen LogP contribution in [0.1, 0.15) is 37.3 Å². The van der Waals surface area contributed by atoms with Crippen molar-refractivity contribution in [1.29, 1.82) is 0 Å². The number of nitrogens with zero attached hydrogens (tertiary/aromatic N) is 5. The molecule has 0 radical (unpaired) electrons. The summed E-state index contributed by atoms with van der Waals surface area (Å²) in [6.07, 6.45) is 7.17. The number of nitrogen functional groups attached to an aromatic ring is 1. The molecule has 0 bridgehead atoms. The van der Waals surface area contributed by atoms with Gasteiger partial charge in [-0.3, -0.25) is 4.98 Å². The second kappa shape index (κ2) is 10.6. The molecule has 3 N–H and O–H groups in total. The Balaban J connectivity index is 1.53. The summed E-state index contributed by atoms with van der Waals surface area (Å²) in [6, 6.07) is 3.73. The summed E-state index contributed by atoms with van der Waals surface area (Å²) < 4.78 is 37.8. The van der Waals surface area contributed by atoms with Crippen LogP contribution in [0.25, 0.3) is 27.5 Å². The average molecular weight is 573 g/mol. The Kier molecular flexibility index (Phi) is 7.37. The Hall–Kier alpha value is -3.46. The number of hydrogen-bond donors (Lipinski definition) is 2. The van der Waals surface area contributed by atoms with Crippen LogP contribution in [0.4, 0.5) is 5.82 Å². The molecule has 39 heavy (non-hydrogen) atoms. The third-order valence-electron chi connectivity index (χ3n) is 7.00. The van der Waals surface area contributed by atoms with Crippen molar-refractivity contribution in [1.82, 2.24) is 24.6 Å². The lowest BCUT2D eigenvalue weighted by molar-refractivity contribution is -0.173. The van der Waals surface area contributed by atoms with Crippen LogP contribution in [0, 0.1) is 0 Å². The molecule has 4 aromatic rings. The van der Waals surface area contributed by atoms with Crippen molar-refractivity contribution < 1.29 is 27.8 Å². The third-order valence-corrected chi connectivity index (χ3v) is 8.95. The van der Waals surface area contributed by atoms with Crippen LogP contribution in [-0.2, 0) is 24.1 Å². The standard InChI is InChI=1S/C25H28N6O6S2/c1-36-10-11-37-25(24(32)33)7-5-15(6-8-25)19-20(39(2,34)35)21(26)31-22(30-19)17(14-29-31)16-3-4-18(28-13-16)23-27-9-12-38-23/h3-4,9,12-15H,5-8,10-11,26H2,1-2H3,(H,32,33)/t15-,25-. The monoisotopic (exact) mass is 572 g/mol. The molecular weight excluding hydrogens is 544 g/mol. The Morgan fingerprint density at radius 2 is 2.00 bits per heavy atom. The van der Waals surface area contributed by atoms with Crippen LogP contribution in [-0.4, -0.2) is 76.2 Å². The molecule has 206 valence electrons. The Morgan fingerprint density at radius 1 is 1.23 bits per heavy atom. The van der Waals surface area contributed by atoms with Crippen molar-refractivity contribution in [3.05, 3.63) is 41.8 Å². The summed E-state index contributed by atoms with van der Waals surface area (Å²) in [7, 11) is -2.27. The van der Waals surface area contributed by atoms with Gasteiger partial charge in [-0.1, -0.05) is 6.07 Å². The number of aliphatic carboxylic acids is 1. The van der Waals surface area contributed by atoms with Gasteiger partial charge in [0.2, 0.25) is 0 Å². The van der Waals surface area contributed by atoms with Gasteiger partial charge < -0.3 is 20.3 Å². The number of anilines is 1. The summed E-state index contributed by atoms with van der Waals surface area (Å²) in [5, 5.41) is 16.9. The van der Waals surface area contributed by atoms with Crippen LogP contribution in [0.2, 0.25) is 0 Å². The number of pyridine rings is 1. The fraction of sp³-hybridized carbons (Fsp3) is 0.400. The molecule has 1 aliphatic rings. The molecule has 1 saturated carbocycles. The van der Waals surface area contributed by atoms with E-state index in [-0.39, 0.29) is 42.7 Å². The van der Waals surface area contributed by atoms with Gasteiger partial charge in [0.05, 0.1) is 30.8 Å². The molecule has 12 nitrogen and oxygen atoms in total. The van der Waals surface area contributed by atoms with Crippen LogP contribution in [0.5, 0.6) is 0 Å². The smallest absolute Gasteiger partial charge is 0.335 e. The summed E-state index contributed by atoms with van der Waals surface area (Å²) in [6.45, 7) is 0.420. The van der Waals surface area contributed by atoms with Gasteiger partial charge in [0, 0.05) is 48.2 Å². The molecule has 0 aromatic carbocycles. The largest absolute Gasteiger partial charge is 0.479 e. The Morgan fingerprint density at radius 3 is 2.59 bits per heavy atom. The van der Waals surface area contributed by atoms with E-state index >= 15 is 0 Å². The van der Waals surface area contributed by atoms with Gasteiger partial charge in [-0.05, 0) is 31.7 Å². The highest BCUT2D eigenvalue weighted by atomic mass is 32.2. The van der Waals surface area contributed by atoms with Gasteiger partial charge in [-0.2, -0.15) is 9.61 Å². The van der Waals surface area contributed by atoms with Crippen molar-refractivity contribution in [3.8, 4) is 21.8 Å². The summed E-state index contributed by atoms with van der Waals surface area (Å²) in [4.78, 5) is 25.6. The number of thiazole rings is 1. The zero-order valence-electron chi connectivity index (χ0n) is 21.4. The molecule has 5 rings (SSSR count). The number of ether oxygens (including phenoxy) is 2. The van der Waals surface area contributed by atoms with E-state index in [0.717, 1.165) is 22.5 Å². The van der Waals surface area contributed by atoms with Gasteiger partial charge in [0.15, 0.2) is 21.1 Å². The number of carboxylic acids is 1. The molecule has 4 heterocycles. The summed E-state index contributed by atoms with van der Waals surface area (Å²) in [5.74, 6) is -1.42. The fourth-order valence-electron chi connectivity index (χ4n) is 5.01. The van der Waals surface area contributed by atoms with E-state index in [0.29, 0.717) is 29.7 Å². The molecule has 0 atom stereocenters. The van der Waals surface area contributed by atoms with Crippen LogP contribution in [0.3, 0.4) is 0 Å². The van der Waals surface area contributed by atoms with Crippen molar-refractivity contribution in [3.63, 3.8) is 0 Å². The number of methoxy groups -OCH3 is 1. The first-order valence-corrected chi connectivity index (χ1v) is 15.0. The van der Waals surface area contributed by atoms with E-state index in [4.69, 9.17) is 20.2 Å². The number of rotatable bonds is 9. The maximum absolute atomic E-state index is 12.9. The number of hydrogen-bond acceptors (Lipinski definition) is 11. The molecule has 0 amide bonds. The highest BCUT2D eigenvalue weighted by molar-refractivity contribution is 7.91. The van der Waals surface area contributed by atoms with E-state index in [1.807, 2.05) is 17.5 Å². The Labute approximate surface area is 228 Å². The maximum atomic E-state index is 12.9. The molecule has 0 aliphatic heterocycles. The van der Waals surface area contributed by atoms with Gasteiger partial charge in [0.25, 0.3) is 0 Å². The normalized spacial score (nSPS) is 19.9. The van der Waals surface area contributed by atoms with E-state index in [1.54, 1.807) is 18.6 Å². The summed E-state index contributed by atoms with van der Waals surface area (Å²) >= 11 is 1.48. The van der Waals surface area contributed by atoms with Crippen LogP contribution >= 0.6 is 11.3 Å². The van der Waals surface area contributed by atoms with Crippen molar-refractivity contribution >= 4 is 38.6 Å². The van der Waals surface area contributed by atoms with E-state index in [2.05, 4.69) is 15.1 Å². The molecule has 1 fully saturated rings. The van der Waals surface area contributed by atoms with Gasteiger partial charge >= 0.3 is 5.97 Å². The number of fused-ring (bicyclic) bond motifs is 1. The maximum Gasteiger partial charge on any atom is 0.335 e. The first kappa shape index (κ1) is 27.1. The number of nitrogens with two attached hydrogens (primary N) is 1. The van der Waals surface area contributed by atoms with E-state index < -0.39 is 21.4 Å². The molecule has 4 aromatic heterocycles. The third kappa shape index (κ3) is 5.12. The minimum absolute atomic E-state index is 0.0393. The summed E-state index contributed by atoms with van der Waals surface area (Å²) in [5.41, 5.74) is 7.85. The lowest BCUT2D eigenvalue weighted by atomic mass is 9.77. The average Bonchev–Trinajstić information content (AvgIpc) is 3.59. The van der Waals surface area contributed by atoms with E-state index in [1.165, 1.54) is 23.0 Å². The zero-order chi connectivity index (χ0) is 27.8. The molecular formula is C25H28N6O6S2. The molecule has 0 saturated heterocycles. The Bertz CT molecular complexity index is 1590. The minimum Gasteiger partial charge on any atom is -0.479 e. The van der Waals surface area contributed by atoms with E-state index in [9.17, 15) is 18.3 Å². The lowest BCUT2D eigenvalue weighted by Crippen LogP contribution is -2.45. The lowest BCUT2D eigenvalue weighted by Gasteiger charge is -2.36. The highest BCUT2D eigenvalue weighted by Gasteiger charge is 2.44. The molecule has 1 aliphatic carbocycles.